The molecule has 1 fully saturated rings. The average molecular weight is 487 g/mol. The molecular weight excluding hydrogens is 457 g/mol. The highest BCUT2D eigenvalue weighted by atomic mass is 19.4. The molecule has 7 nitrogen and oxygen atoms in total. The number of halogens is 3. The standard InChI is InChI=1S/C15H18F3NO.C10H11N5/c16-15(17,18)13-9-5-4-8-12(13)10-19-14(20)11-6-2-1-3-7-11;1-12-10-14-8(13-9(11)15-10)7-5-3-2-4-6-7/h4-5,8-9,11H,1-3,6-7,10H2,(H,19,20);2-6H,1H3,(H3,11,12,13,14,15). The molecule has 0 radical (unpaired) electrons. The minimum absolute atomic E-state index is 0.0400. The summed E-state index contributed by atoms with van der Waals surface area (Å²) in [6, 6.07) is 15.0. The van der Waals surface area contributed by atoms with Gasteiger partial charge in [0.15, 0.2) is 5.82 Å². The van der Waals surface area contributed by atoms with Gasteiger partial charge in [0.1, 0.15) is 0 Å². The maximum absolute atomic E-state index is 12.8. The molecule has 10 heteroatoms. The Morgan fingerprint density at radius 2 is 1.63 bits per heavy atom. The summed E-state index contributed by atoms with van der Waals surface area (Å²) in [5.74, 6) is 1.10. The Hall–Kier alpha value is -3.69. The number of alkyl halides is 3. The van der Waals surface area contributed by atoms with Crippen LogP contribution in [0.5, 0.6) is 0 Å². The summed E-state index contributed by atoms with van der Waals surface area (Å²) in [7, 11) is 1.74. The molecule has 35 heavy (non-hydrogen) atoms. The van der Waals surface area contributed by atoms with Gasteiger partial charge in [0.2, 0.25) is 17.8 Å². The van der Waals surface area contributed by atoms with Crippen molar-refractivity contribution in [1.82, 2.24) is 20.3 Å². The highest BCUT2D eigenvalue weighted by Gasteiger charge is 2.33. The molecule has 186 valence electrons. The molecule has 1 saturated carbocycles. The van der Waals surface area contributed by atoms with Gasteiger partial charge in [-0.1, -0.05) is 67.8 Å². The van der Waals surface area contributed by atoms with Crippen molar-refractivity contribution in [2.75, 3.05) is 18.1 Å². The lowest BCUT2D eigenvalue weighted by Crippen LogP contribution is -2.32. The maximum Gasteiger partial charge on any atom is 0.416 e. The lowest BCUT2D eigenvalue weighted by Gasteiger charge is -2.21. The second-order valence-corrected chi connectivity index (χ2v) is 8.16. The minimum atomic E-state index is -4.38. The summed E-state index contributed by atoms with van der Waals surface area (Å²) in [4.78, 5) is 24.1. The van der Waals surface area contributed by atoms with Gasteiger partial charge in [0, 0.05) is 25.1 Å². The number of hydrogen-bond acceptors (Lipinski definition) is 6. The number of amides is 1. The minimum Gasteiger partial charge on any atom is -0.368 e. The zero-order chi connectivity index (χ0) is 25.3. The third-order valence-electron chi connectivity index (χ3n) is 5.66. The molecule has 1 aliphatic carbocycles. The van der Waals surface area contributed by atoms with Crippen molar-refractivity contribution >= 4 is 17.8 Å². The number of carbonyl (C=O) groups excluding carboxylic acids is 1. The molecule has 0 bridgehead atoms. The first-order chi connectivity index (χ1) is 16.8. The van der Waals surface area contributed by atoms with Crippen molar-refractivity contribution in [1.29, 1.82) is 0 Å². The zero-order valence-electron chi connectivity index (χ0n) is 19.5. The molecule has 1 heterocycles. The van der Waals surface area contributed by atoms with Crippen LogP contribution < -0.4 is 16.4 Å². The van der Waals surface area contributed by atoms with Crippen molar-refractivity contribution in [2.45, 2.75) is 44.8 Å². The van der Waals surface area contributed by atoms with E-state index >= 15 is 0 Å². The van der Waals surface area contributed by atoms with Gasteiger partial charge < -0.3 is 16.4 Å². The third kappa shape index (κ3) is 7.66. The number of nitrogens with one attached hydrogen (secondary N) is 2. The SMILES string of the molecule is CNc1nc(N)nc(-c2ccccc2)n1.O=C(NCc1ccccc1C(F)(F)F)C1CCCCC1. The van der Waals surface area contributed by atoms with Crippen molar-refractivity contribution in [3.8, 4) is 11.4 Å². The Labute approximate surface area is 202 Å². The molecule has 0 saturated heterocycles. The summed E-state index contributed by atoms with van der Waals surface area (Å²) in [5.41, 5.74) is 5.93. The molecule has 0 spiro atoms. The van der Waals surface area contributed by atoms with E-state index in [1.54, 1.807) is 13.1 Å². The van der Waals surface area contributed by atoms with Crippen LogP contribution >= 0.6 is 0 Å². The largest absolute Gasteiger partial charge is 0.416 e. The molecular formula is C25H29F3N6O. The van der Waals surface area contributed by atoms with Crippen LogP contribution in [0.4, 0.5) is 25.1 Å². The van der Waals surface area contributed by atoms with E-state index < -0.39 is 11.7 Å². The number of hydrogen-bond donors (Lipinski definition) is 3. The summed E-state index contributed by atoms with van der Waals surface area (Å²) < 4.78 is 38.4. The van der Waals surface area contributed by atoms with Crippen LogP contribution in [-0.2, 0) is 17.5 Å². The molecule has 3 aromatic rings. The highest BCUT2D eigenvalue weighted by Crippen LogP contribution is 2.32. The van der Waals surface area contributed by atoms with E-state index in [0.29, 0.717) is 11.8 Å². The van der Waals surface area contributed by atoms with Crippen molar-refractivity contribution in [2.24, 2.45) is 5.92 Å². The number of carbonyl (C=O) groups is 1. The predicted octanol–water partition coefficient (Wildman–Crippen LogP) is 5.06. The molecule has 4 N–H and O–H groups in total. The van der Waals surface area contributed by atoms with Crippen molar-refractivity contribution < 1.29 is 18.0 Å². The fourth-order valence-electron chi connectivity index (χ4n) is 3.86. The average Bonchev–Trinajstić information content (AvgIpc) is 2.88. The van der Waals surface area contributed by atoms with Gasteiger partial charge in [0.25, 0.3) is 0 Å². The van der Waals surface area contributed by atoms with E-state index in [-0.39, 0.29) is 29.9 Å². The Balaban J connectivity index is 0.000000203. The summed E-state index contributed by atoms with van der Waals surface area (Å²) in [6.07, 6.45) is 0.487. The second kappa shape index (κ2) is 12.1. The van der Waals surface area contributed by atoms with Gasteiger partial charge in [-0.25, -0.2) is 0 Å². The number of aromatic nitrogens is 3. The van der Waals surface area contributed by atoms with E-state index in [1.807, 2.05) is 30.3 Å². The van der Waals surface area contributed by atoms with Crippen LogP contribution in [0.1, 0.15) is 43.2 Å². The topological polar surface area (TPSA) is 106 Å². The van der Waals surface area contributed by atoms with Crippen LogP contribution in [0.15, 0.2) is 54.6 Å². The third-order valence-corrected chi connectivity index (χ3v) is 5.66. The second-order valence-electron chi connectivity index (χ2n) is 8.16. The number of nitrogens with two attached hydrogens (primary N) is 1. The Bertz CT molecular complexity index is 1100. The monoisotopic (exact) mass is 486 g/mol. The van der Waals surface area contributed by atoms with E-state index in [4.69, 9.17) is 5.73 Å². The van der Waals surface area contributed by atoms with E-state index in [2.05, 4.69) is 25.6 Å². The molecule has 1 aromatic heterocycles. The van der Waals surface area contributed by atoms with Crippen LogP contribution in [0.2, 0.25) is 0 Å². The van der Waals surface area contributed by atoms with Gasteiger partial charge in [-0.15, -0.1) is 0 Å². The highest BCUT2D eigenvalue weighted by molar-refractivity contribution is 5.78. The first-order valence-corrected chi connectivity index (χ1v) is 11.5. The van der Waals surface area contributed by atoms with E-state index in [9.17, 15) is 18.0 Å². The lowest BCUT2D eigenvalue weighted by molar-refractivity contribution is -0.138. The molecule has 1 amide bonds. The molecule has 0 atom stereocenters. The van der Waals surface area contributed by atoms with Crippen LogP contribution in [0.25, 0.3) is 11.4 Å². The molecule has 0 aliphatic heterocycles. The van der Waals surface area contributed by atoms with Gasteiger partial charge in [-0.05, 0) is 24.5 Å². The molecule has 0 unspecified atom stereocenters. The maximum atomic E-state index is 12.8. The van der Waals surface area contributed by atoms with Gasteiger partial charge in [-0.3, -0.25) is 4.79 Å². The molecule has 4 rings (SSSR count). The van der Waals surface area contributed by atoms with Crippen LogP contribution in [0, 0.1) is 5.92 Å². The first-order valence-electron chi connectivity index (χ1n) is 11.5. The number of nitrogens with zero attached hydrogens (tertiary/aromatic N) is 3. The van der Waals surface area contributed by atoms with E-state index in [1.165, 1.54) is 12.1 Å². The normalized spacial score (nSPS) is 13.9. The molecule has 2 aromatic carbocycles. The Morgan fingerprint density at radius 3 is 2.29 bits per heavy atom. The van der Waals surface area contributed by atoms with Crippen LogP contribution in [-0.4, -0.2) is 27.9 Å². The lowest BCUT2D eigenvalue weighted by atomic mass is 9.88. The van der Waals surface area contributed by atoms with E-state index in [0.717, 1.165) is 43.7 Å². The number of benzene rings is 2. The first kappa shape index (κ1) is 25.9. The summed E-state index contributed by atoms with van der Waals surface area (Å²) >= 11 is 0. The molecule has 1 aliphatic rings. The van der Waals surface area contributed by atoms with Gasteiger partial charge >= 0.3 is 6.18 Å². The number of nitrogen functional groups attached to an aromatic ring is 1. The quantitative estimate of drug-likeness (QED) is 0.465. The van der Waals surface area contributed by atoms with Crippen molar-refractivity contribution in [3.05, 3.63) is 65.7 Å². The van der Waals surface area contributed by atoms with Crippen molar-refractivity contribution in [3.63, 3.8) is 0 Å². The van der Waals surface area contributed by atoms with Crippen LogP contribution in [0.3, 0.4) is 0 Å². The fourth-order valence-corrected chi connectivity index (χ4v) is 3.86. The number of anilines is 2. The smallest absolute Gasteiger partial charge is 0.368 e. The predicted molar refractivity (Wildman–Crippen MR) is 129 cm³/mol. The number of rotatable bonds is 5. The van der Waals surface area contributed by atoms with Gasteiger partial charge in [0.05, 0.1) is 5.56 Å². The Kier molecular flexibility index (Phi) is 8.99. The summed E-state index contributed by atoms with van der Waals surface area (Å²) in [5, 5.41) is 5.48. The zero-order valence-corrected chi connectivity index (χ0v) is 19.5. The van der Waals surface area contributed by atoms with Gasteiger partial charge in [-0.2, -0.15) is 28.1 Å². The summed E-state index contributed by atoms with van der Waals surface area (Å²) in [6.45, 7) is -0.0645. The fraction of sp³-hybridized carbons (Fsp3) is 0.360. The Morgan fingerprint density at radius 1 is 0.971 bits per heavy atom.